The van der Waals surface area contributed by atoms with Crippen molar-refractivity contribution in [3.8, 4) is 0 Å². The van der Waals surface area contributed by atoms with Crippen molar-refractivity contribution in [1.82, 2.24) is 4.90 Å². The van der Waals surface area contributed by atoms with E-state index in [1.54, 1.807) is 0 Å². The molecule has 2 atom stereocenters. The number of carbonyl (C=O) groups is 1. The van der Waals surface area contributed by atoms with Crippen LogP contribution in [-0.2, 0) is 4.74 Å². The highest BCUT2D eigenvalue weighted by atomic mass is 16.6. The molecule has 2 unspecified atom stereocenters. The van der Waals surface area contributed by atoms with Gasteiger partial charge in [-0.2, -0.15) is 0 Å². The second-order valence-electron chi connectivity index (χ2n) is 4.16. The SMILES string of the molecule is NCC1CCCC1N1CCCOC1=O. The maximum absolute atomic E-state index is 11.5. The number of carbonyl (C=O) groups excluding carboxylic acids is 1. The Morgan fingerprint density at radius 3 is 3.00 bits per heavy atom. The summed E-state index contributed by atoms with van der Waals surface area (Å²) in [6, 6.07) is 0.341. The summed E-state index contributed by atoms with van der Waals surface area (Å²) >= 11 is 0. The van der Waals surface area contributed by atoms with Gasteiger partial charge in [-0.3, -0.25) is 0 Å². The molecule has 2 aliphatic rings. The third kappa shape index (κ3) is 1.71. The monoisotopic (exact) mass is 198 g/mol. The van der Waals surface area contributed by atoms with Crippen LogP contribution in [-0.4, -0.2) is 36.7 Å². The molecule has 80 valence electrons. The van der Waals surface area contributed by atoms with Crippen molar-refractivity contribution in [2.45, 2.75) is 31.7 Å². The Labute approximate surface area is 84.4 Å². The van der Waals surface area contributed by atoms with E-state index < -0.39 is 0 Å². The maximum Gasteiger partial charge on any atom is 0.410 e. The lowest BCUT2D eigenvalue weighted by Crippen LogP contribution is -2.47. The number of cyclic esters (lactones) is 1. The first-order valence-corrected chi connectivity index (χ1v) is 5.46. The van der Waals surface area contributed by atoms with Crippen molar-refractivity contribution in [2.24, 2.45) is 11.7 Å². The molecule has 0 aromatic heterocycles. The molecule has 1 amide bonds. The van der Waals surface area contributed by atoms with Crippen molar-refractivity contribution in [2.75, 3.05) is 19.7 Å². The van der Waals surface area contributed by atoms with Gasteiger partial charge in [-0.25, -0.2) is 4.79 Å². The minimum absolute atomic E-state index is 0.137. The average Bonchev–Trinajstić information content (AvgIpc) is 2.66. The maximum atomic E-state index is 11.5. The van der Waals surface area contributed by atoms with E-state index in [1.807, 2.05) is 4.90 Å². The molecule has 14 heavy (non-hydrogen) atoms. The summed E-state index contributed by atoms with van der Waals surface area (Å²) in [7, 11) is 0. The van der Waals surface area contributed by atoms with Gasteiger partial charge in [0.1, 0.15) is 0 Å². The summed E-state index contributed by atoms with van der Waals surface area (Å²) in [5.74, 6) is 0.487. The predicted octanol–water partition coefficient (Wildman–Crippen LogP) is 0.956. The number of hydrogen-bond donors (Lipinski definition) is 1. The van der Waals surface area contributed by atoms with Gasteiger partial charge >= 0.3 is 6.09 Å². The zero-order valence-electron chi connectivity index (χ0n) is 8.45. The van der Waals surface area contributed by atoms with Crippen LogP contribution in [0.2, 0.25) is 0 Å². The van der Waals surface area contributed by atoms with Crippen LogP contribution in [0.1, 0.15) is 25.7 Å². The van der Waals surface area contributed by atoms with Gasteiger partial charge in [0.05, 0.1) is 6.61 Å². The minimum Gasteiger partial charge on any atom is -0.449 e. The Hall–Kier alpha value is -0.770. The van der Waals surface area contributed by atoms with Crippen molar-refractivity contribution in [3.05, 3.63) is 0 Å². The lowest BCUT2D eigenvalue weighted by Gasteiger charge is -2.34. The number of nitrogens with zero attached hydrogens (tertiary/aromatic N) is 1. The smallest absolute Gasteiger partial charge is 0.410 e. The first kappa shape index (κ1) is 9.77. The molecule has 1 aliphatic carbocycles. The number of nitrogens with two attached hydrogens (primary N) is 1. The Balaban J connectivity index is 2.01. The van der Waals surface area contributed by atoms with E-state index in [2.05, 4.69) is 0 Å². The van der Waals surface area contributed by atoms with Gasteiger partial charge in [0.2, 0.25) is 0 Å². The minimum atomic E-state index is -0.137. The van der Waals surface area contributed by atoms with Crippen LogP contribution in [0.5, 0.6) is 0 Å². The molecule has 4 nitrogen and oxygen atoms in total. The van der Waals surface area contributed by atoms with Gasteiger partial charge in [-0.05, 0) is 31.7 Å². The summed E-state index contributed by atoms with van der Waals surface area (Å²) in [5, 5.41) is 0. The highest BCUT2D eigenvalue weighted by Gasteiger charge is 2.35. The lowest BCUT2D eigenvalue weighted by molar-refractivity contribution is 0.0477. The zero-order chi connectivity index (χ0) is 9.97. The third-order valence-electron chi connectivity index (χ3n) is 3.33. The fraction of sp³-hybridized carbons (Fsp3) is 0.900. The highest BCUT2D eigenvalue weighted by molar-refractivity contribution is 5.68. The Morgan fingerprint density at radius 2 is 2.29 bits per heavy atom. The van der Waals surface area contributed by atoms with Crippen LogP contribution < -0.4 is 5.73 Å². The second-order valence-corrected chi connectivity index (χ2v) is 4.16. The molecule has 1 heterocycles. The van der Waals surface area contributed by atoms with E-state index in [4.69, 9.17) is 10.5 Å². The summed E-state index contributed by atoms with van der Waals surface area (Å²) < 4.78 is 5.04. The molecular weight excluding hydrogens is 180 g/mol. The van der Waals surface area contributed by atoms with E-state index in [1.165, 1.54) is 6.42 Å². The number of rotatable bonds is 2. The predicted molar refractivity (Wildman–Crippen MR) is 52.9 cm³/mol. The molecule has 0 radical (unpaired) electrons. The molecule has 2 fully saturated rings. The van der Waals surface area contributed by atoms with Gasteiger partial charge < -0.3 is 15.4 Å². The zero-order valence-corrected chi connectivity index (χ0v) is 8.45. The van der Waals surface area contributed by atoms with E-state index >= 15 is 0 Å². The molecule has 2 N–H and O–H groups in total. The lowest BCUT2D eigenvalue weighted by atomic mass is 10.0. The molecule has 2 rings (SSSR count). The summed E-state index contributed by atoms with van der Waals surface area (Å²) in [6.07, 6.45) is 4.26. The molecule has 0 aromatic rings. The molecule has 0 spiro atoms. The van der Waals surface area contributed by atoms with Crippen LogP contribution in [0.15, 0.2) is 0 Å². The van der Waals surface area contributed by atoms with Crippen molar-refractivity contribution in [3.63, 3.8) is 0 Å². The number of hydrogen-bond acceptors (Lipinski definition) is 3. The van der Waals surface area contributed by atoms with E-state index in [0.29, 0.717) is 25.1 Å². The van der Waals surface area contributed by atoms with E-state index in [9.17, 15) is 4.79 Å². The molecule has 1 saturated carbocycles. The Bertz CT molecular complexity index is 220. The molecule has 0 aromatic carbocycles. The topological polar surface area (TPSA) is 55.6 Å². The Kier molecular flexibility index (Phi) is 2.91. The van der Waals surface area contributed by atoms with Crippen LogP contribution >= 0.6 is 0 Å². The third-order valence-corrected chi connectivity index (χ3v) is 3.33. The van der Waals surface area contributed by atoms with Crippen LogP contribution in [0, 0.1) is 5.92 Å². The second kappa shape index (κ2) is 4.17. The van der Waals surface area contributed by atoms with Crippen molar-refractivity contribution >= 4 is 6.09 Å². The van der Waals surface area contributed by atoms with Gasteiger partial charge in [0.25, 0.3) is 0 Å². The van der Waals surface area contributed by atoms with E-state index in [-0.39, 0.29) is 6.09 Å². The van der Waals surface area contributed by atoms with Gasteiger partial charge in [-0.15, -0.1) is 0 Å². The van der Waals surface area contributed by atoms with Crippen LogP contribution in [0.25, 0.3) is 0 Å². The molecule has 4 heteroatoms. The highest BCUT2D eigenvalue weighted by Crippen LogP contribution is 2.30. The standard InChI is InChI=1S/C10H18N2O2/c11-7-8-3-1-4-9(8)12-5-2-6-14-10(12)13/h8-9H,1-7,11H2. The number of ether oxygens (including phenoxy) is 1. The van der Waals surface area contributed by atoms with Gasteiger partial charge in [-0.1, -0.05) is 6.42 Å². The summed E-state index contributed by atoms with van der Waals surface area (Å²) in [5.41, 5.74) is 5.70. The van der Waals surface area contributed by atoms with E-state index in [0.717, 1.165) is 25.8 Å². The quantitative estimate of drug-likeness (QED) is 0.719. The summed E-state index contributed by atoms with van der Waals surface area (Å²) in [4.78, 5) is 13.4. The molecule has 0 bridgehead atoms. The number of amides is 1. The van der Waals surface area contributed by atoms with Crippen LogP contribution in [0.3, 0.4) is 0 Å². The molecule has 1 saturated heterocycles. The molecular formula is C10H18N2O2. The Morgan fingerprint density at radius 1 is 1.43 bits per heavy atom. The fourth-order valence-electron chi connectivity index (χ4n) is 2.57. The largest absolute Gasteiger partial charge is 0.449 e. The average molecular weight is 198 g/mol. The normalized spacial score (nSPS) is 33.2. The van der Waals surface area contributed by atoms with Gasteiger partial charge in [0, 0.05) is 12.6 Å². The molecule has 1 aliphatic heterocycles. The first-order chi connectivity index (χ1) is 6.83. The van der Waals surface area contributed by atoms with Crippen molar-refractivity contribution < 1.29 is 9.53 Å². The van der Waals surface area contributed by atoms with Crippen molar-refractivity contribution in [1.29, 1.82) is 0 Å². The van der Waals surface area contributed by atoms with Gasteiger partial charge in [0.15, 0.2) is 0 Å². The fourth-order valence-corrected chi connectivity index (χ4v) is 2.57. The summed E-state index contributed by atoms with van der Waals surface area (Å²) in [6.45, 7) is 2.11. The van der Waals surface area contributed by atoms with Crippen LogP contribution in [0.4, 0.5) is 4.79 Å². The first-order valence-electron chi connectivity index (χ1n) is 5.46.